The predicted octanol–water partition coefficient (Wildman–Crippen LogP) is 4.31. The van der Waals surface area contributed by atoms with Crippen molar-refractivity contribution >= 4 is 40.2 Å². The van der Waals surface area contributed by atoms with Crippen LogP contribution in [-0.2, 0) is 6.54 Å². The van der Waals surface area contributed by atoms with Crippen LogP contribution in [0.15, 0.2) is 52.8 Å². The molecule has 2 heterocycles. The SMILES string of the molecule is CCNC(=NCc1csc(-c2ccccc2)n1)NCC(O)c1ccc(Cl)s1. The topological polar surface area (TPSA) is 69.5 Å². The maximum atomic E-state index is 10.3. The van der Waals surface area contributed by atoms with Crippen molar-refractivity contribution in [2.24, 2.45) is 4.99 Å². The Morgan fingerprint density at radius 2 is 2.04 bits per heavy atom. The van der Waals surface area contributed by atoms with Crippen molar-refractivity contribution in [1.29, 1.82) is 0 Å². The van der Waals surface area contributed by atoms with Crippen LogP contribution in [0.25, 0.3) is 10.6 Å². The minimum absolute atomic E-state index is 0.356. The van der Waals surface area contributed by atoms with Gasteiger partial charge in [-0.3, -0.25) is 0 Å². The van der Waals surface area contributed by atoms with Crippen molar-refractivity contribution in [3.05, 3.63) is 62.8 Å². The summed E-state index contributed by atoms with van der Waals surface area (Å²) in [6, 6.07) is 13.7. The third-order valence-electron chi connectivity index (χ3n) is 3.70. The molecule has 0 bridgehead atoms. The van der Waals surface area contributed by atoms with Crippen molar-refractivity contribution in [2.75, 3.05) is 13.1 Å². The molecule has 0 aliphatic heterocycles. The molecule has 3 N–H and O–H groups in total. The molecular weight excluding hydrogens is 400 g/mol. The van der Waals surface area contributed by atoms with Gasteiger partial charge in [-0.15, -0.1) is 22.7 Å². The molecule has 1 unspecified atom stereocenters. The Labute approximate surface area is 171 Å². The number of halogens is 1. The summed E-state index contributed by atoms with van der Waals surface area (Å²) in [6.45, 7) is 3.57. The summed E-state index contributed by atoms with van der Waals surface area (Å²) in [6.07, 6.45) is -0.629. The second-order valence-corrected chi connectivity index (χ2v) is 8.35. The quantitative estimate of drug-likeness (QED) is 0.393. The third kappa shape index (κ3) is 5.77. The van der Waals surface area contributed by atoms with Gasteiger partial charge in [0.05, 0.1) is 16.6 Å². The summed E-state index contributed by atoms with van der Waals surface area (Å²) in [5.74, 6) is 0.647. The van der Waals surface area contributed by atoms with Gasteiger partial charge in [-0.2, -0.15) is 0 Å². The Bertz CT molecular complexity index is 879. The van der Waals surface area contributed by atoms with Gasteiger partial charge in [0.25, 0.3) is 0 Å². The van der Waals surface area contributed by atoms with Gasteiger partial charge < -0.3 is 15.7 Å². The van der Waals surface area contributed by atoms with Crippen molar-refractivity contribution in [3.8, 4) is 10.6 Å². The molecule has 0 saturated carbocycles. The van der Waals surface area contributed by atoms with Crippen LogP contribution < -0.4 is 10.6 Å². The van der Waals surface area contributed by atoms with Gasteiger partial charge in [-0.1, -0.05) is 41.9 Å². The first-order chi connectivity index (χ1) is 13.2. The second kappa shape index (κ2) is 9.85. The summed E-state index contributed by atoms with van der Waals surface area (Å²) >= 11 is 8.92. The highest BCUT2D eigenvalue weighted by Gasteiger charge is 2.11. The molecule has 1 aromatic carbocycles. The summed E-state index contributed by atoms with van der Waals surface area (Å²) < 4.78 is 0.669. The fraction of sp³-hybridized carbons (Fsp3) is 0.263. The Morgan fingerprint density at radius 1 is 1.22 bits per heavy atom. The lowest BCUT2D eigenvalue weighted by Gasteiger charge is -2.14. The zero-order chi connectivity index (χ0) is 19.1. The van der Waals surface area contributed by atoms with Crippen LogP contribution in [-0.4, -0.2) is 29.1 Å². The van der Waals surface area contributed by atoms with Crippen molar-refractivity contribution < 1.29 is 5.11 Å². The Kier molecular flexibility index (Phi) is 7.23. The molecule has 0 spiro atoms. The lowest BCUT2D eigenvalue weighted by atomic mass is 10.2. The monoisotopic (exact) mass is 420 g/mol. The molecule has 8 heteroatoms. The summed E-state index contributed by atoms with van der Waals surface area (Å²) in [7, 11) is 0. The fourth-order valence-electron chi connectivity index (χ4n) is 2.40. The first kappa shape index (κ1) is 19.8. The molecular formula is C19H21ClN4OS2. The number of aliphatic hydroxyl groups is 1. The number of guanidine groups is 1. The Hall–Kier alpha value is -1.93. The molecule has 0 aliphatic carbocycles. The molecule has 3 rings (SSSR count). The predicted molar refractivity (Wildman–Crippen MR) is 115 cm³/mol. The highest BCUT2D eigenvalue weighted by molar-refractivity contribution is 7.16. The van der Waals surface area contributed by atoms with Crippen LogP contribution in [0.2, 0.25) is 4.34 Å². The van der Waals surface area contributed by atoms with E-state index in [2.05, 4.69) is 32.7 Å². The number of aromatic nitrogens is 1. The highest BCUT2D eigenvalue weighted by Crippen LogP contribution is 2.26. The second-order valence-electron chi connectivity index (χ2n) is 5.74. The third-order valence-corrected chi connectivity index (χ3v) is 5.97. The van der Waals surface area contributed by atoms with E-state index in [1.54, 1.807) is 17.4 Å². The maximum absolute atomic E-state index is 10.3. The number of nitrogens with zero attached hydrogens (tertiary/aromatic N) is 2. The van der Waals surface area contributed by atoms with Crippen LogP contribution in [0.1, 0.15) is 23.6 Å². The number of aliphatic imine (C=N–C) groups is 1. The van der Waals surface area contributed by atoms with Crippen molar-refractivity contribution in [3.63, 3.8) is 0 Å². The van der Waals surface area contributed by atoms with Crippen LogP contribution in [0.3, 0.4) is 0 Å². The van der Waals surface area contributed by atoms with E-state index in [9.17, 15) is 5.11 Å². The van der Waals surface area contributed by atoms with E-state index < -0.39 is 6.10 Å². The van der Waals surface area contributed by atoms with Crippen LogP contribution in [0.4, 0.5) is 0 Å². The minimum atomic E-state index is -0.629. The van der Waals surface area contributed by atoms with Gasteiger partial charge in [0.2, 0.25) is 0 Å². The zero-order valence-electron chi connectivity index (χ0n) is 14.9. The lowest BCUT2D eigenvalue weighted by molar-refractivity contribution is 0.184. The molecule has 27 heavy (non-hydrogen) atoms. The molecule has 142 valence electrons. The van der Waals surface area contributed by atoms with Crippen molar-refractivity contribution in [1.82, 2.24) is 15.6 Å². The molecule has 0 amide bonds. The molecule has 5 nitrogen and oxygen atoms in total. The molecule has 2 aromatic heterocycles. The van der Waals surface area contributed by atoms with Gasteiger partial charge in [0, 0.05) is 28.9 Å². The average molecular weight is 421 g/mol. The average Bonchev–Trinajstić information content (AvgIpc) is 3.33. The number of thiazole rings is 1. The normalized spacial score (nSPS) is 12.8. The largest absolute Gasteiger partial charge is 0.386 e. The fourth-order valence-corrected chi connectivity index (χ4v) is 4.26. The van der Waals surface area contributed by atoms with Gasteiger partial charge in [-0.25, -0.2) is 9.98 Å². The van der Waals surface area contributed by atoms with Gasteiger partial charge in [-0.05, 0) is 19.1 Å². The minimum Gasteiger partial charge on any atom is -0.386 e. The molecule has 0 fully saturated rings. The summed E-state index contributed by atoms with van der Waals surface area (Å²) in [5, 5.41) is 19.6. The summed E-state index contributed by atoms with van der Waals surface area (Å²) in [4.78, 5) is 10.0. The van der Waals surface area contributed by atoms with E-state index >= 15 is 0 Å². The maximum Gasteiger partial charge on any atom is 0.191 e. The smallest absolute Gasteiger partial charge is 0.191 e. The van der Waals surface area contributed by atoms with Crippen LogP contribution >= 0.6 is 34.3 Å². The van der Waals surface area contributed by atoms with E-state index in [-0.39, 0.29) is 0 Å². The van der Waals surface area contributed by atoms with Crippen LogP contribution in [0, 0.1) is 0 Å². The molecule has 1 atom stereocenters. The number of hydrogen-bond donors (Lipinski definition) is 3. The molecule has 0 radical (unpaired) electrons. The first-order valence-electron chi connectivity index (χ1n) is 8.61. The van der Waals surface area contributed by atoms with E-state index in [1.807, 2.05) is 36.6 Å². The summed E-state index contributed by atoms with van der Waals surface area (Å²) in [5.41, 5.74) is 2.03. The Morgan fingerprint density at radius 3 is 2.74 bits per heavy atom. The molecule has 0 aliphatic rings. The Balaban J connectivity index is 1.59. The first-order valence-corrected chi connectivity index (χ1v) is 10.7. The molecule has 0 saturated heterocycles. The number of nitrogens with one attached hydrogen (secondary N) is 2. The zero-order valence-corrected chi connectivity index (χ0v) is 17.2. The number of aliphatic hydroxyl groups excluding tert-OH is 1. The van der Waals surface area contributed by atoms with E-state index in [0.29, 0.717) is 23.4 Å². The lowest BCUT2D eigenvalue weighted by Crippen LogP contribution is -2.39. The number of rotatable bonds is 7. The van der Waals surface area contributed by atoms with E-state index in [0.717, 1.165) is 27.7 Å². The van der Waals surface area contributed by atoms with Gasteiger partial charge in [0.15, 0.2) is 5.96 Å². The van der Waals surface area contributed by atoms with Crippen molar-refractivity contribution in [2.45, 2.75) is 19.6 Å². The van der Waals surface area contributed by atoms with Gasteiger partial charge >= 0.3 is 0 Å². The van der Waals surface area contributed by atoms with E-state index in [1.165, 1.54) is 11.3 Å². The highest BCUT2D eigenvalue weighted by atomic mass is 35.5. The number of hydrogen-bond acceptors (Lipinski definition) is 5. The van der Waals surface area contributed by atoms with Gasteiger partial charge in [0.1, 0.15) is 11.1 Å². The standard InChI is InChI=1S/C19H21ClN4OS2/c1-2-21-19(23-11-15(25)16-8-9-17(20)27-16)22-10-14-12-26-18(24-14)13-6-4-3-5-7-13/h3-9,12,15,25H,2,10-11H2,1H3,(H2,21,22,23). The number of thiophene rings is 1. The van der Waals surface area contributed by atoms with E-state index in [4.69, 9.17) is 11.6 Å². The molecule has 3 aromatic rings. The van der Waals surface area contributed by atoms with Crippen LogP contribution in [0.5, 0.6) is 0 Å². The number of benzene rings is 1.